The molecule has 8 heteroatoms. The molecule has 2 aliphatic rings. The monoisotopic (exact) mass is 411 g/mol. The third-order valence-electron chi connectivity index (χ3n) is 6.04. The summed E-state index contributed by atoms with van der Waals surface area (Å²) in [6.07, 6.45) is -5.55. The number of carbonyl (C=O) groups excluding carboxylic acids is 1. The molecule has 1 saturated carbocycles. The van der Waals surface area contributed by atoms with E-state index in [1.807, 2.05) is 0 Å². The molecule has 1 fully saturated rings. The van der Waals surface area contributed by atoms with Crippen LogP contribution in [0.15, 0.2) is 42.5 Å². The summed E-state index contributed by atoms with van der Waals surface area (Å²) in [5.74, 6) is -4.18. The highest BCUT2D eigenvalue weighted by Crippen LogP contribution is 2.55. The Labute approximate surface area is 163 Å². The van der Waals surface area contributed by atoms with Crippen LogP contribution in [0.1, 0.15) is 42.4 Å². The Balaban J connectivity index is 1.94. The molecule has 1 unspecified atom stereocenters. The molecule has 3 nitrogen and oxygen atoms in total. The van der Waals surface area contributed by atoms with E-state index < -0.39 is 47.7 Å². The Morgan fingerprint density at radius 2 is 1.62 bits per heavy atom. The van der Waals surface area contributed by atoms with Crippen LogP contribution in [0, 0.1) is 5.92 Å². The average Bonchev–Trinajstić information content (AvgIpc) is 2.94. The van der Waals surface area contributed by atoms with Gasteiger partial charge in [-0.25, -0.2) is 8.78 Å². The quantitative estimate of drug-likeness (QED) is 0.644. The molecule has 29 heavy (non-hydrogen) atoms. The first-order valence-electron chi connectivity index (χ1n) is 9.25. The molecule has 4 rings (SSSR count). The first-order chi connectivity index (χ1) is 13.6. The van der Waals surface area contributed by atoms with Crippen LogP contribution in [-0.4, -0.2) is 16.9 Å². The largest absolute Gasteiger partial charge is 0.508 e. The molecular weight excluding hydrogens is 393 g/mol. The number of carbonyl (C=O) groups is 1. The lowest BCUT2D eigenvalue weighted by Gasteiger charge is -2.40. The highest BCUT2D eigenvalue weighted by atomic mass is 19.4. The molecule has 0 saturated heterocycles. The molecule has 1 atom stereocenters. The van der Waals surface area contributed by atoms with Crippen molar-refractivity contribution in [3.8, 4) is 5.75 Å². The number of para-hydroxylation sites is 1. The Bertz CT molecular complexity index is 945. The number of anilines is 1. The first kappa shape index (κ1) is 19.7. The standard InChI is InChI=1S/C21H18F5NO2/c22-19(23)10-8-13(9-11-19)20(12-4-6-14(28)7-5-12)15-2-1-3-16(21(24,25)26)17(15)27-18(20)29/h1-7,13,28H,8-11H2,(H,27,29). The second-order valence-electron chi connectivity index (χ2n) is 7.67. The number of fused-ring (bicyclic) bond motifs is 1. The highest BCUT2D eigenvalue weighted by Gasteiger charge is 2.57. The lowest BCUT2D eigenvalue weighted by atomic mass is 9.61. The van der Waals surface area contributed by atoms with Crippen molar-refractivity contribution in [3.63, 3.8) is 0 Å². The molecule has 2 aromatic rings. The first-order valence-corrected chi connectivity index (χ1v) is 9.25. The molecule has 2 aromatic carbocycles. The Kier molecular flexibility index (Phi) is 4.36. The van der Waals surface area contributed by atoms with Crippen LogP contribution in [0.3, 0.4) is 0 Å². The number of phenolic OH excluding ortho intramolecular Hbond substituents is 1. The van der Waals surface area contributed by atoms with Gasteiger partial charge in [-0.15, -0.1) is 0 Å². The predicted molar refractivity (Wildman–Crippen MR) is 95.9 cm³/mol. The van der Waals surface area contributed by atoms with Crippen LogP contribution >= 0.6 is 0 Å². The smallest absolute Gasteiger partial charge is 0.418 e. The van der Waals surface area contributed by atoms with Gasteiger partial charge in [-0.3, -0.25) is 4.79 Å². The minimum atomic E-state index is -4.68. The van der Waals surface area contributed by atoms with Crippen molar-refractivity contribution in [1.29, 1.82) is 0 Å². The van der Waals surface area contributed by atoms with Crippen molar-refractivity contribution in [2.75, 3.05) is 5.32 Å². The fourth-order valence-electron chi connectivity index (χ4n) is 4.71. The number of hydrogen-bond acceptors (Lipinski definition) is 2. The van der Waals surface area contributed by atoms with E-state index in [1.54, 1.807) is 0 Å². The normalized spacial score (nSPS) is 24.2. The number of nitrogens with one attached hydrogen (secondary N) is 1. The van der Waals surface area contributed by atoms with Crippen molar-refractivity contribution in [1.82, 2.24) is 0 Å². The highest BCUT2D eigenvalue weighted by molar-refractivity contribution is 6.09. The van der Waals surface area contributed by atoms with E-state index in [0.29, 0.717) is 5.56 Å². The van der Waals surface area contributed by atoms with Gasteiger partial charge >= 0.3 is 6.18 Å². The van der Waals surface area contributed by atoms with Crippen molar-refractivity contribution < 1.29 is 31.9 Å². The minimum Gasteiger partial charge on any atom is -0.508 e. The fourth-order valence-corrected chi connectivity index (χ4v) is 4.71. The zero-order valence-corrected chi connectivity index (χ0v) is 15.2. The van der Waals surface area contributed by atoms with Crippen molar-refractivity contribution in [2.45, 2.75) is 43.2 Å². The number of halogens is 5. The van der Waals surface area contributed by atoms with E-state index in [4.69, 9.17) is 0 Å². The Hall–Kier alpha value is -2.64. The zero-order chi connectivity index (χ0) is 21.0. The molecule has 1 aliphatic carbocycles. The fraction of sp³-hybridized carbons (Fsp3) is 0.381. The van der Waals surface area contributed by atoms with Gasteiger partial charge < -0.3 is 10.4 Å². The van der Waals surface area contributed by atoms with Gasteiger partial charge in [0.25, 0.3) is 0 Å². The number of aromatic hydroxyl groups is 1. The van der Waals surface area contributed by atoms with Crippen molar-refractivity contribution >= 4 is 11.6 Å². The molecule has 2 N–H and O–H groups in total. The topological polar surface area (TPSA) is 49.3 Å². The maximum absolute atomic E-state index is 13.8. The van der Waals surface area contributed by atoms with E-state index in [2.05, 4.69) is 5.32 Å². The summed E-state index contributed by atoms with van der Waals surface area (Å²) >= 11 is 0. The third-order valence-corrected chi connectivity index (χ3v) is 6.04. The van der Waals surface area contributed by atoms with Crippen molar-refractivity contribution in [3.05, 3.63) is 59.2 Å². The maximum Gasteiger partial charge on any atom is 0.418 e. The molecule has 0 bridgehead atoms. The van der Waals surface area contributed by atoms with Crippen LogP contribution in [0.4, 0.5) is 27.6 Å². The van der Waals surface area contributed by atoms with E-state index in [1.165, 1.54) is 36.4 Å². The van der Waals surface area contributed by atoms with Gasteiger partial charge in [0.15, 0.2) is 0 Å². The lowest BCUT2D eigenvalue weighted by Crippen LogP contribution is -2.45. The van der Waals surface area contributed by atoms with Gasteiger partial charge in [0.1, 0.15) is 11.2 Å². The molecule has 1 aliphatic heterocycles. The third kappa shape index (κ3) is 3.05. The number of amides is 1. The summed E-state index contributed by atoms with van der Waals surface area (Å²) in [5, 5.41) is 12.0. The number of alkyl halides is 5. The minimum absolute atomic E-state index is 0.00299. The number of rotatable bonds is 2. The number of phenols is 1. The zero-order valence-electron chi connectivity index (χ0n) is 15.2. The molecule has 0 spiro atoms. The Morgan fingerprint density at radius 1 is 1.00 bits per heavy atom. The molecule has 1 amide bonds. The van der Waals surface area contributed by atoms with Gasteiger partial charge in [-0.1, -0.05) is 24.3 Å². The summed E-state index contributed by atoms with van der Waals surface area (Å²) in [5.41, 5.74) is -2.30. The molecule has 0 radical (unpaired) electrons. The van der Waals surface area contributed by atoms with Gasteiger partial charge in [-0.2, -0.15) is 13.2 Å². The molecular formula is C21H18F5NO2. The van der Waals surface area contributed by atoms with E-state index in [0.717, 1.165) is 6.07 Å². The van der Waals surface area contributed by atoms with Crippen molar-refractivity contribution in [2.24, 2.45) is 5.92 Å². The number of hydrogen-bond donors (Lipinski definition) is 2. The van der Waals surface area contributed by atoms with Crippen LogP contribution in [0.25, 0.3) is 0 Å². The van der Waals surface area contributed by atoms with Gasteiger partial charge in [-0.05, 0) is 48.1 Å². The summed E-state index contributed by atoms with van der Waals surface area (Å²) < 4.78 is 68.2. The summed E-state index contributed by atoms with van der Waals surface area (Å²) in [6, 6.07) is 9.19. The van der Waals surface area contributed by atoms with Gasteiger partial charge in [0.2, 0.25) is 11.8 Å². The van der Waals surface area contributed by atoms with Crippen LogP contribution in [0.5, 0.6) is 5.75 Å². The second kappa shape index (κ2) is 6.43. The summed E-state index contributed by atoms with van der Waals surface area (Å²) in [7, 11) is 0. The van der Waals surface area contributed by atoms with Gasteiger partial charge in [0.05, 0.1) is 11.3 Å². The van der Waals surface area contributed by atoms with E-state index in [-0.39, 0.29) is 29.8 Å². The molecule has 0 aromatic heterocycles. The van der Waals surface area contributed by atoms with Gasteiger partial charge in [0, 0.05) is 12.8 Å². The predicted octanol–water partition coefficient (Wildman–Crippen LogP) is 5.47. The summed E-state index contributed by atoms with van der Waals surface area (Å²) in [6.45, 7) is 0. The van der Waals surface area contributed by atoms with Crippen LogP contribution in [-0.2, 0) is 16.4 Å². The summed E-state index contributed by atoms with van der Waals surface area (Å²) in [4.78, 5) is 13.2. The van der Waals surface area contributed by atoms with Crippen LogP contribution in [0.2, 0.25) is 0 Å². The van der Waals surface area contributed by atoms with E-state index in [9.17, 15) is 31.9 Å². The average molecular weight is 411 g/mol. The Morgan fingerprint density at radius 3 is 2.21 bits per heavy atom. The SMILES string of the molecule is O=C1Nc2c(C(F)(F)F)cccc2C1(c1ccc(O)cc1)C1CCC(F)(F)CC1. The van der Waals surface area contributed by atoms with Crippen LogP contribution < -0.4 is 5.32 Å². The lowest BCUT2D eigenvalue weighted by molar-refractivity contribution is -0.136. The maximum atomic E-state index is 13.8. The second-order valence-corrected chi connectivity index (χ2v) is 7.67. The number of benzene rings is 2. The molecule has 154 valence electrons. The van der Waals surface area contributed by atoms with E-state index >= 15 is 0 Å². The molecule has 1 heterocycles.